The third-order valence-corrected chi connectivity index (χ3v) is 1.32. The van der Waals surface area contributed by atoms with Gasteiger partial charge in [-0.15, -0.1) is 0 Å². The predicted octanol–water partition coefficient (Wildman–Crippen LogP) is 0.862. The highest BCUT2D eigenvalue weighted by atomic mass is 79.9. The van der Waals surface area contributed by atoms with Crippen molar-refractivity contribution >= 4 is 21.7 Å². The fourth-order valence-corrected chi connectivity index (χ4v) is 0.0909. The summed E-state index contributed by atoms with van der Waals surface area (Å²) >= 11 is 2.83. The number of rotatable bonds is 1. The molecule has 7 heavy (non-hydrogen) atoms. The molecule has 0 saturated carbocycles. The van der Waals surface area contributed by atoms with Crippen LogP contribution in [0.3, 0.4) is 0 Å². The van der Waals surface area contributed by atoms with Crippen LogP contribution in [0.15, 0.2) is 0 Å². The Morgan fingerprint density at radius 3 is 2.43 bits per heavy atom. The third-order valence-electron chi connectivity index (χ3n) is 0.470. The van der Waals surface area contributed by atoms with Gasteiger partial charge >= 0.3 is 0 Å². The van der Waals surface area contributed by atoms with Crippen LogP contribution in [0.4, 0.5) is 0 Å². The number of hydrogen-bond acceptors (Lipinski definition) is 2. The van der Waals surface area contributed by atoms with Crippen LogP contribution in [0.2, 0.25) is 0 Å². The van der Waals surface area contributed by atoms with Crippen molar-refractivity contribution < 1.29 is 4.79 Å². The Bertz CT molecular complexity index is 115. The van der Waals surface area contributed by atoms with Crippen LogP contribution >= 0.6 is 15.9 Å². The Hall–Kier alpha value is -0.360. The number of nitriles is 1. The zero-order valence-corrected chi connectivity index (χ0v) is 5.40. The van der Waals surface area contributed by atoms with E-state index in [0.717, 1.165) is 0 Å². The molecule has 0 aliphatic rings. The second-order valence-electron chi connectivity index (χ2n) is 1.10. The van der Waals surface area contributed by atoms with E-state index in [1.165, 1.54) is 6.92 Å². The first kappa shape index (κ1) is 6.64. The van der Waals surface area contributed by atoms with E-state index in [1.807, 2.05) is 0 Å². The van der Waals surface area contributed by atoms with E-state index in [9.17, 15) is 4.79 Å². The van der Waals surface area contributed by atoms with E-state index in [0.29, 0.717) is 0 Å². The summed E-state index contributed by atoms with van der Waals surface area (Å²) in [6.07, 6.45) is 0. The lowest BCUT2D eigenvalue weighted by atomic mass is 10.3. The van der Waals surface area contributed by atoms with Gasteiger partial charge in [0.2, 0.25) is 0 Å². The van der Waals surface area contributed by atoms with Crippen LogP contribution < -0.4 is 0 Å². The molecule has 0 rings (SSSR count). The van der Waals surface area contributed by atoms with E-state index in [1.54, 1.807) is 6.07 Å². The molecule has 1 unspecified atom stereocenters. The molecule has 0 heterocycles. The molecule has 0 saturated heterocycles. The van der Waals surface area contributed by atoms with Crippen LogP contribution in [-0.4, -0.2) is 10.6 Å². The zero-order valence-electron chi connectivity index (χ0n) is 3.81. The number of Topliss-reactive ketones (excluding diaryl/α,β-unsaturated/α-hetero) is 1. The van der Waals surface area contributed by atoms with Crippen LogP contribution in [0.5, 0.6) is 0 Å². The molecule has 0 aliphatic heterocycles. The average molecular weight is 162 g/mol. The number of alkyl halides is 1. The van der Waals surface area contributed by atoms with Crippen molar-refractivity contribution in [2.45, 2.75) is 11.8 Å². The minimum atomic E-state index is -0.618. The molecule has 1 atom stereocenters. The Labute approximate surface area is 50.3 Å². The zero-order chi connectivity index (χ0) is 5.86. The predicted molar refractivity (Wildman–Crippen MR) is 29.0 cm³/mol. The van der Waals surface area contributed by atoms with Crippen molar-refractivity contribution in [1.29, 1.82) is 5.26 Å². The summed E-state index contributed by atoms with van der Waals surface area (Å²) in [6, 6.07) is 1.73. The van der Waals surface area contributed by atoms with Gasteiger partial charge in [0.05, 0.1) is 6.07 Å². The monoisotopic (exact) mass is 161 g/mol. The molecule has 0 aromatic rings. The molecular weight excluding hydrogens is 158 g/mol. The summed E-state index contributed by atoms with van der Waals surface area (Å²) in [6.45, 7) is 1.36. The second-order valence-corrected chi connectivity index (χ2v) is 2.02. The standard InChI is InChI=1S/C4H4BrNO/c1-3(7)4(5)2-6/h4H,1H3. The molecule has 0 aliphatic carbocycles. The number of hydrogen-bond donors (Lipinski definition) is 0. The smallest absolute Gasteiger partial charge is 0.159 e. The maximum Gasteiger partial charge on any atom is 0.159 e. The summed E-state index contributed by atoms with van der Waals surface area (Å²) in [5.41, 5.74) is 0. The first-order chi connectivity index (χ1) is 3.18. The number of carbonyl (C=O) groups is 1. The van der Waals surface area contributed by atoms with Crippen LogP contribution in [-0.2, 0) is 4.79 Å². The largest absolute Gasteiger partial charge is 0.298 e. The lowest BCUT2D eigenvalue weighted by Gasteiger charge is -1.85. The lowest BCUT2D eigenvalue weighted by molar-refractivity contribution is -0.115. The molecule has 38 valence electrons. The lowest BCUT2D eigenvalue weighted by Crippen LogP contribution is -2.04. The molecule has 3 heteroatoms. The Morgan fingerprint density at radius 2 is 2.43 bits per heavy atom. The van der Waals surface area contributed by atoms with Crippen molar-refractivity contribution in [3.8, 4) is 6.07 Å². The summed E-state index contributed by atoms with van der Waals surface area (Å²) in [5.74, 6) is -0.150. The maximum atomic E-state index is 10.1. The van der Waals surface area contributed by atoms with Crippen LogP contribution in [0.1, 0.15) is 6.92 Å². The molecule has 2 nitrogen and oxygen atoms in total. The summed E-state index contributed by atoms with van der Waals surface area (Å²) in [5, 5.41) is 7.99. The molecule has 0 radical (unpaired) electrons. The van der Waals surface area contributed by atoms with Gasteiger partial charge < -0.3 is 0 Å². The van der Waals surface area contributed by atoms with Gasteiger partial charge in [-0.2, -0.15) is 5.26 Å². The Balaban J connectivity index is 3.63. The van der Waals surface area contributed by atoms with Gasteiger partial charge in [0.1, 0.15) is 0 Å². The van der Waals surface area contributed by atoms with Crippen LogP contribution in [0, 0.1) is 11.3 Å². The third kappa shape index (κ3) is 2.35. The van der Waals surface area contributed by atoms with E-state index in [4.69, 9.17) is 5.26 Å². The first-order valence-corrected chi connectivity index (χ1v) is 2.64. The van der Waals surface area contributed by atoms with E-state index in [-0.39, 0.29) is 5.78 Å². The molecule has 0 spiro atoms. The van der Waals surface area contributed by atoms with Gasteiger partial charge in [0, 0.05) is 0 Å². The second kappa shape index (κ2) is 2.75. The number of carbonyl (C=O) groups excluding carboxylic acids is 1. The molecule has 0 aromatic carbocycles. The highest BCUT2D eigenvalue weighted by Gasteiger charge is 2.04. The quantitative estimate of drug-likeness (QED) is 0.536. The van der Waals surface area contributed by atoms with Gasteiger partial charge in [0.15, 0.2) is 10.6 Å². The minimum absolute atomic E-state index is 0.150. The molecular formula is C4H4BrNO. The van der Waals surface area contributed by atoms with Crippen molar-refractivity contribution in [2.24, 2.45) is 0 Å². The summed E-state index contributed by atoms with van der Waals surface area (Å²) in [7, 11) is 0. The maximum absolute atomic E-state index is 10.1. The van der Waals surface area contributed by atoms with Crippen molar-refractivity contribution in [3.63, 3.8) is 0 Å². The van der Waals surface area contributed by atoms with Gasteiger partial charge in [-0.1, -0.05) is 15.9 Å². The molecule has 0 bridgehead atoms. The Kier molecular flexibility index (Phi) is 2.61. The van der Waals surface area contributed by atoms with Gasteiger partial charge in [-0.05, 0) is 6.92 Å². The fraction of sp³-hybridized carbons (Fsp3) is 0.500. The van der Waals surface area contributed by atoms with Gasteiger partial charge in [-0.25, -0.2) is 0 Å². The highest BCUT2D eigenvalue weighted by Crippen LogP contribution is 1.96. The topological polar surface area (TPSA) is 40.9 Å². The summed E-state index contributed by atoms with van der Waals surface area (Å²) < 4.78 is 0. The van der Waals surface area contributed by atoms with E-state index in [2.05, 4.69) is 15.9 Å². The first-order valence-electron chi connectivity index (χ1n) is 1.72. The van der Waals surface area contributed by atoms with Gasteiger partial charge in [-0.3, -0.25) is 4.79 Å². The fourth-order valence-electron chi connectivity index (χ4n) is 0.0909. The average Bonchev–Trinajstić information content (AvgIpc) is 1.65. The molecule has 0 N–H and O–H groups in total. The van der Waals surface area contributed by atoms with Crippen molar-refractivity contribution in [2.75, 3.05) is 0 Å². The van der Waals surface area contributed by atoms with Crippen molar-refractivity contribution in [3.05, 3.63) is 0 Å². The normalized spacial score (nSPS) is 12.1. The molecule has 0 amide bonds. The Morgan fingerprint density at radius 1 is 2.00 bits per heavy atom. The number of nitrogens with zero attached hydrogens (tertiary/aromatic N) is 1. The highest BCUT2D eigenvalue weighted by molar-refractivity contribution is 9.10. The number of halogens is 1. The van der Waals surface area contributed by atoms with Crippen LogP contribution in [0.25, 0.3) is 0 Å². The number of ketones is 1. The SMILES string of the molecule is CC(=O)C(Br)C#N. The van der Waals surface area contributed by atoms with E-state index >= 15 is 0 Å². The van der Waals surface area contributed by atoms with E-state index < -0.39 is 4.83 Å². The van der Waals surface area contributed by atoms with Gasteiger partial charge in [0.25, 0.3) is 0 Å². The van der Waals surface area contributed by atoms with Crippen molar-refractivity contribution in [1.82, 2.24) is 0 Å². The molecule has 0 fully saturated rings. The minimum Gasteiger partial charge on any atom is -0.298 e. The summed E-state index contributed by atoms with van der Waals surface area (Å²) in [4.78, 5) is 9.49. The molecule has 0 aromatic heterocycles.